The lowest BCUT2D eigenvalue weighted by Crippen LogP contribution is -2.64. The van der Waals surface area contributed by atoms with Crippen LogP contribution in [-0.4, -0.2) is 27.1 Å². The zero-order chi connectivity index (χ0) is 24.7. The number of carbonyl (C=O) groups is 2. The molecule has 1 atom stereocenters. The minimum Gasteiger partial charge on any atom is -0.350 e. The molecule has 1 unspecified atom stereocenters. The number of hydrogen-bond donors (Lipinski definition) is 1. The van der Waals surface area contributed by atoms with Gasteiger partial charge < -0.3 is 5.32 Å². The molecule has 0 aliphatic carbocycles. The number of hydrogen-bond acceptors (Lipinski definition) is 4. The van der Waals surface area contributed by atoms with Crippen LogP contribution in [-0.2, 0) is 17.9 Å². The van der Waals surface area contributed by atoms with Gasteiger partial charge in [0.15, 0.2) is 0 Å². The van der Waals surface area contributed by atoms with Crippen molar-refractivity contribution < 1.29 is 14.0 Å². The zero-order valence-corrected chi connectivity index (χ0v) is 20.5. The van der Waals surface area contributed by atoms with Gasteiger partial charge >= 0.3 is 0 Å². The number of aromatic nitrogens is 2. The van der Waals surface area contributed by atoms with Crippen LogP contribution in [0.2, 0.25) is 0 Å². The Morgan fingerprint density at radius 1 is 1.11 bits per heavy atom. The maximum Gasteiger partial charge on any atom is 0.277 e. The highest BCUT2D eigenvalue weighted by molar-refractivity contribution is 7.13. The topological polar surface area (TPSA) is 67.2 Å². The van der Waals surface area contributed by atoms with E-state index in [2.05, 4.69) is 10.4 Å². The lowest BCUT2D eigenvalue weighted by molar-refractivity contribution is -0.126. The minimum atomic E-state index is -1.23. The van der Waals surface area contributed by atoms with Gasteiger partial charge in [-0.3, -0.25) is 19.2 Å². The van der Waals surface area contributed by atoms with Crippen molar-refractivity contribution in [3.63, 3.8) is 0 Å². The van der Waals surface area contributed by atoms with Crippen LogP contribution < -0.4 is 10.2 Å². The minimum absolute atomic E-state index is 0.196. The number of carbonyl (C=O) groups excluding carboxylic acids is 2. The summed E-state index contributed by atoms with van der Waals surface area (Å²) in [4.78, 5) is 30.1. The summed E-state index contributed by atoms with van der Waals surface area (Å²) < 4.78 is 14.9. The van der Waals surface area contributed by atoms with Gasteiger partial charge in [0.1, 0.15) is 22.7 Å². The van der Waals surface area contributed by atoms with Crippen molar-refractivity contribution in [2.45, 2.75) is 39.4 Å². The maximum atomic E-state index is 13.9. The van der Waals surface area contributed by atoms with E-state index in [-0.39, 0.29) is 30.7 Å². The van der Waals surface area contributed by atoms with Crippen LogP contribution in [0.1, 0.15) is 34.1 Å². The van der Waals surface area contributed by atoms with Gasteiger partial charge in [0.05, 0.1) is 11.4 Å². The predicted octanol–water partition coefficient (Wildman–Crippen LogP) is 5.10. The second-order valence-corrected chi connectivity index (χ2v) is 9.99. The van der Waals surface area contributed by atoms with Gasteiger partial charge in [-0.25, -0.2) is 4.39 Å². The molecule has 4 aromatic rings. The lowest BCUT2D eigenvalue weighted by atomic mass is 9.93. The SMILES string of the molecule is Cc1ccc(N2C(=O)c3cc(-c4cccs4)nn3CC2(C)C(=O)NCc2ccc(F)cc2)cc1C. The second kappa shape index (κ2) is 8.78. The molecule has 2 aromatic heterocycles. The summed E-state index contributed by atoms with van der Waals surface area (Å²) in [6, 6.07) is 17.4. The molecule has 0 saturated heterocycles. The molecular weight excluding hydrogens is 463 g/mol. The summed E-state index contributed by atoms with van der Waals surface area (Å²) >= 11 is 1.55. The van der Waals surface area contributed by atoms with Crippen LogP contribution in [0.4, 0.5) is 10.1 Å². The number of anilines is 1. The normalized spacial score (nSPS) is 17.4. The third-order valence-corrected chi connectivity index (χ3v) is 7.42. The lowest BCUT2D eigenvalue weighted by Gasteiger charge is -2.43. The van der Waals surface area contributed by atoms with Gasteiger partial charge in [-0.2, -0.15) is 5.10 Å². The van der Waals surface area contributed by atoms with E-state index in [1.165, 1.54) is 12.1 Å². The van der Waals surface area contributed by atoms with Crippen molar-refractivity contribution in [1.29, 1.82) is 0 Å². The number of halogens is 1. The number of nitrogens with zero attached hydrogens (tertiary/aromatic N) is 3. The Labute approximate surface area is 207 Å². The molecule has 6 nitrogen and oxygen atoms in total. The second-order valence-electron chi connectivity index (χ2n) is 9.04. The van der Waals surface area contributed by atoms with Crippen LogP contribution >= 0.6 is 11.3 Å². The first-order chi connectivity index (χ1) is 16.8. The van der Waals surface area contributed by atoms with Crippen molar-refractivity contribution in [2.75, 3.05) is 4.90 Å². The number of aryl methyl sites for hydroxylation is 2. The number of benzene rings is 2. The maximum absolute atomic E-state index is 13.9. The Bertz CT molecular complexity index is 1410. The van der Waals surface area contributed by atoms with Gasteiger partial charge in [0, 0.05) is 12.2 Å². The summed E-state index contributed by atoms with van der Waals surface area (Å²) in [7, 11) is 0. The Morgan fingerprint density at radius 3 is 2.57 bits per heavy atom. The first-order valence-electron chi connectivity index (χ1n) is 11.3. The number of nitrogens with one attached hydrogen (secondary N) is 1. The Kier molecular flexibility index (Phi) is 5.76. The molecule has 178 valence electrons. The molecule has 2 amide bonds. The van der Waals surface area contributed by atoms with E-state index < -0.39 is 5.54 Å². The molecule has 0 bridgehead atoms. The standard InChI is InChI=1S/C27H25FN4O2S/c1-17-6-11-21(13-18(17)2)32-25(33)23-14-22(24-5-4-12-35-24)30-31(23)16-27(32,3)26(34)29-15-19-7-9-20(28)10-8-19/h4-14H,15-16H2,1-3H3,(H,29,34). The quantitative estimate of drug-likeness (QED) is 0.425. The fourth-order valence-electron chi connectivity index (χ4n) is 4.37. The summed E-state index contributed by atoms with van der Waals surface area (Å²) in [5.41, 5.74) is 3.47. The summed E-state index contributed by atoms with van der Waals surface area (Å²) in [5.74, 6) is -0.931. The Hall–Kier alpha value is -3.78. The average Bonchev–Trinajstić information content (AvgIpc) is 3.51. The summed E-state index contributed by atoms with van der Waals surface area (Å²) in [5, 5.41) is 9.58. The number of amides is 2. The molecular formula is C27H25FN4O2S. The Morgan fingerprint density at radius 2 is 1.89 bits per heavy atom. The smallest absolute Gasteiger partial charge is 0.277 e. The summed E-state index contributed by atoms with van der Waals surface area (Å²) in [6.07, 6.45) is 0. The van der Waals surface area contributed by atoms with Gasteiger partial charge in [0.2, 0.25) is 5.91 Å². The van der Waals surface area contributed by atoms with Crippen molar-refractivity contribution in [2.24, 2.45) is 0 Å². The molecule has 1 aliphatic rings. The highest BCUT2D eigenvalue weighted by Crippen LogP contribution is 2.35. The molecule has 0 saturated carbocycles. The number of rotatable bonds is 5. The molecule has 8 heteroatoms. The molecule has 3 heterocycles. The van der Waals surface area contributed by atoms with Crippen molar-refractivity contribution in [3.8, 4) is 10.6 Å². The van der Waals surface area contributed by atoms with Crippen molar-refractivity contribution in [3.05, 3.63) is 94.2 Å². The van der Waals surface area contributed by atoms with E-state index in [0.29, 0.717) is 17.1 Å². The molecule has 1 aliphatic heterocycles. The van der Waals surface area contributed by atoms with Crippen LogP contribution in [0.3, 0.4) is 0 Å². The Balaban J connectivity index is 1.54. The van der Waals surface area contributed by atoms with E-state index in [1.807, 2.05) is 49.6 Å². The van der Waals surface area contributed by atoms with Crippen molar-refractivity contribution >= 4 is 28.8 Å². The highest BCUT2D eigenvalue weighted by atomic mass is 32.1. The largest absolute Gasteiger partial charge is 0.350 e. The third-order valence-electron chi connectivity index (χ3n) is 6.53. The fraction of sp³-hybridized carbons (Fsp3) is 0.222. The van der Waals surface area contributed by atoms with Gasteiger partial charge in [-0.05, 0) is 79.2 Å². The first kappa shape index (κ1) is 23.0. The van der Waals surface area contributed by atoms with E-state index in [1.54, 1.807) is 46.0 Å². The van der Waals surface area contributed by atoms with E-state index in [4.69, 9.17) is 0 Å². The molecule has 2 aromatic carbocycles. The summed E-state index contributed by atoms with van der Waals surface area (Å²) in [6.45, 7) is 6.17. The van der Waals surface area contributed by atoms with Crippen LogP contribution in [0, 0.1) is 19.7 Å². The van der Waals surface area contributed by atoms with E-state index >= 15 is 0 Å². The first-order valence-corrected chi connectivity index (χ1v) is 12.2. The molecule has 0 radical (unpaired) electrons. The van der Waals surface area contributed by atoms with Crippen molar-refractivity contribution in [1.82, 2.24) is 15.1 Å². The van der Waals surface area contributed by atoms with Gasteiger partial charge in [-0.1, -0.05) is 24.3 Å². The van der Waals surface area contributed by atoms with Crippen LogP contribution in [0.25, 0.3) is 10.6 Å². The molecule has 0 spiro atoms. The van der Waals surface area contributed by atoms with Gasteiger partial charge in [-0.15, -0.1) is 11.3 Å². The predicted molar refractivity (Wildman–Crippen MR) is 135 cm³/mol. The third kappa shape index (κ3) is 4.14. The van der Waals surface area contributed by atoms with E-state index in [9.17, 15) is 14.0 Å². The zero-order valence-electron chi connectivity index (χ0n) is 19.7. The monoisotopic (exact) mass is 488 g/mol. The van der Waals surface area contributed by atoms with E-state index in [0.717, 1.165) is 21.6 Å². The average molecular weight is 489 g/mol. The van der Waals surface area contributed by atoms with Crippen LogP contribution in [0.5, 0.6) is 0 Å². The number of fused-ring (bicyclic) bond motifs is 1. The molecule has 5 rings (SSSR count). The van der Waals surface area contributed by atoms with Gasteiger partial charge in [0.25, 0.3) is 5.91 Å². The number of thiophene rings is 1. The molecule has 0 fully saturated rings. The van der Waals surface area contributed by atoms with Crippen LogP contribution in [0.15, 0.2) is 66.0 Å². The molecule has 35 heavy (non-hydrogen) atoms. The fourth-order valence-corrected chi connectivity index (χ4v) is 5.05. The molecule has 1 N–H and O–H groups in total. The highest BCUT2D eigenvalue weighted by Gasteiger charge is 2.49.